The van der Waals surface area contributed by atoms with Crippen molar-refractivity contribution < 1.29 is 15.6 Å². The van der Waals surface area contributed by atoms with Crippen LogP contribution in [-0.2, 0) is 4.79 Å². The van der Waals surface area contributed by atoms with Crippen LogP contribution in [0.2, 0.25) is 0 Å². The Kier molecular flexibility index (Phi) is 10.6. The number of quaternary nitrogens is 1. The minimum Gasteiger partial charge on any atom is -0.550 e. The van der Waals surface area contributed by atoms with Crippen molar-refractivity contribution in [2.45, 2.75) is 50.6 Å². The van der Waals surface area contributed by atoms with Gasteiger partial charge in [0.15, 0.2) is 0 Å². The number of azide groups is 1. The summed E-state index contributed by atoms with van der Waals surface area (Å²) >= 11 is 1.50. The molecule has 18 heavy (non-hydrogen) atoms. The predicted octanol–water partition coefficient (Wildman–Crippen LogP) is 0.729. The number of nitrogens with zero attached hydrogens (tertiary/aromatic N) is 3. The van der Waals surface area contributed by atoms with Crippen molar-refractivity contribution in [2.75, 3.05) is 12.0 Å². The second kappa shape index (κ2) is 11.2. The summed E-state index contributed by atoms with van der Waals surface area (Å²) in [7, 11) is 0. The van der Waals surface area contributed by atoms with Crippen molar-refractivity contribution in [1.82, 2.24) is 0 Å². The molecular weight excluding hydrogens is 252 g/mol. The molecule has 0 unspecified atom stereocenters. The fraction of sp³-hybridized carbons (Fsp3) is 0.909. The zero-order valence-corrected chi connectivity index (χ0v) is 11.7. The van der Waals surface area contributed by atoms with Crippen molar-refractivity contribution in [3.05, 3.63) is 10.4 Å². The van der Waals surface area contributed by atoms with Gasteiger partial charge in [0.05, 0.1) is 18.1 Å². The highest BCUT2D eigenvalue weighted by Gasteiger charge is 2.09. The number of carboxylic acid groups (broad SMARTS) is 1. The van der Waals surface area contributed by atoms with Gasteiger partial charge in [0.1, 0.15) is 0 Å². The van der Waals surface area contributed by atoms with E-state index in [-0.39, 0.29) is 0 Å². The van der Waals surface area contributed by atoms with Crippen LogP contribution in [0.25, 0.3) is 10.4 Å². The highest BCUT2D eigenvalue weighted by Crippen LogP contribution is 2.13. The van der Waals surface area contributed by atoms with E-state index < -0.39 is 12.0 Å². The molecule has 0 aromatic heterocycles. The Bertz CT molecular complexity index is 274. The van der Waals surface area contributed by atoms with Gasteiger partial charge in [-0.3, -0.25) is 0 Å². The molecule has 0 aromatic rings. The summed E-state index contributed by atoms with van der Waals surface area (Å²) in [5.74, 6) is -0.658. The molecule has 6 nitrogen and oxygen atoms in total. The number of carboxylic acids is 1. The van der Waals surface area contributed by atoms with Crippen molar-refractivity contribution in [2.24, 2.45) is 5.11 Å². The van der Waals surface area contributed by atoms with Crippen LogP contribution in [0.1, 0.15) is 38.5 Å². The monoisotopic (exact) mass is 274 g/mol. The summed E-state index contributed by atoms with van der Waals surface area (Å²) in [6.45, 7) is 0. The van der Waals surface area contributed by atoms with Crippen molar-refractivity contribution >= 4 is 17.7 Å². The Morgan fingerprint density at radius 2 is 2.17 bits per heavy atom. The zero-order chi connectivity index (χ0) is 13.8. The van der Waals surface area contributed by atoms with E-state index in [2.05, 4.69) is 15.8 Å². The van der Waals surface area contributed by atoms with Crippen molar-refractivity contribution in [3.63, 3.8) is 0 Å². The fourth-order valence-electron chi connectivity index (χ4n) is 1.70. The number of aliphatic carboxylic acids is 1. The highest BCUT2D eigenvalue weighted by atomic mass is 32.2. The van der Waals surface area contributed by atoms with Gasteiger partial charge in [0.25, 0.3) is 0 Å². The van der Waals surface area contributed by atoms with Crippen LogP contribution in [0.15, 0.2) is 5.11 Å². The van der Waals surface area contributed by atoms with Crippen molar-refractivity contribution in [1.29, 1.82) is 0 Å². The molecule has 1 rings (SSSR count). The lowest BCUT2D eigenvalue weighted by atomic mass is 9.97. The van der Waals surface area contributed by atoms with E-state index in [1.165, 1.54) is 43.9 Å². The molecule has 0 aromatic carbocycles. The molecule has 1 aliphatic rings. The summed E-state index contributed by atoms with van der Waals surface area (Å²) in [4.78, 5) is 12.6. The van der Waals surface area contributed by atoms with Crippen LogP contribution in [0.5, 0.6) is 0 Å². The topological polar surface area (TPSA) is 117 Å². The molecule has 0 radical (unpaired) electrons. The fourth-order valence-corrected chi connectivity index (χ4v) is 2.16. The number of carbonyl (C=O) groups is 1. The molecule has 0 spiro atoms. The van der Waals surface area contributed by atoms with E-state index in [4.69, 9.17) is 5.53 Å². The van der Waals surface area contributed by atoms with Gasteiger partial charge in [0.2, 0.25) is 0 Å². The molecule has 7 heteroatoms. The Hall–Kier alpha value is -0.910. The predicted molar refractivity (Wildman–Crippen MR) is 70.7 cm³/mol. The Labute approximate surface area is 112 Å². The molecule has 0 heterocycles. The quantitative estimate of drug-likeness (QED) is 0.452. The van der Waals surface area contributed by atoms with Crippen LogP contribution in [0.4, 0.5) is 0 Å². The minimum atomic E-state index is -1.31. The summed E-state index contributed by atoms with van der Waals surface area (Å²) < 4.78 is 0. The lowest BCUT2D eigenvalue weighted by Gasteiger charge is -2.12. The Morgan fingerprint density at radius 1 is 1.56 bits per heavy atom. The summed E-state index contributed by atoms with van der Waals surface area (Å²) in [6, 6.07) is -0.235. The normalized spacial score (nSPS) is 17.0. The lowest BCUT2D eigenvalue weighted by Crippen LogP contribution is -2.61. The molecule has 1 saturated carbocycles. The van der Waals surface area contributed by atoms with Gasteiger partial charge >= 0.3 is 0 Å². The second-order valence-electron chi connectivity index (χ2n) is 4.33. The van der Waals surface area contributed by atoms with Gasteiger partial charge in [-0.1, -0.05) is 11.5 Å². The number of rotatable bonds is 5. The van der Waals surface area contributed by atoms with Crippen LogP contribution in [0.3, 0.4) is 0 Å². The minimum absolute atomic E-state index is 0.327. The molecular formula is C11H22N4O2S. The molecule has 1 aliphatic carbocycles. The van der Waals surface area contributed by atoms with Gasteiger partial charge in [-0.25, -0.2) is 0 Å². The molecule has 0 amide bonds. The zero-order valence-electron chi connectivity index (χ0n) is 10.9. The first-order chi connectivity index (χ1) is 8.61. The second-order valence-corrected chi connectivity index (χ2v) is 5.31. The van der Waals surface area contributed by atoms with Crippen LogP contribution in [-0.4, -0.2) is 30.1 Å². The van der Waals surface area contributed by atoms with Gasteiger partial charge in [-0.2, -0.15) is 11.8 Å². The first kappa shape index (κ1) is 17.1. The number of carbonyl (C=O) groups excluding carboxylic acids is 1. The SMILES string of the molecule is CSCC[C@H](N=[N+]=[N-])C(=O)[O-].[NH3+]C1CCCCC1. The summed E-state index contributed by atoms with van der Waals surface area (Å²) in [6.07, 6.45) is 9.23. The van der Waals surface area contributed by atoms with E-state index in [0.717, 1.165) is 6.04 Å². The van der Waals surface area contributed by atoms with E-state index >= 15 is 0 Å². The summed E-state index contributed by atoms with van der Waals surface area (Å²) in [5.41, 5.74) is 11.9. The third-order valence-electron chi connectivity index (χ3n) is 2.78. The molecule has 0 saturated heterocycles. The van der Waals surface area contributed by atoms with Crippen molar-refractivity contribution in [3.8, 4) is 0 Å². The maximum atomic E-state index is 10.2. The third-order valence-corrected chi connectivity index (χ3v) is 3.43. The van der Waals surface area contributed by atoms with E-state index in [0.29, 0.717) is 12.2 Å². The maximum absolute atomic E-state index is 10.2. The molecule has 0 aliphatic heterocycles. The van der Waals surface area contributed by atoms with Gasteiger partial charge in [-0.05, 0) is 49.6 Å². The number of hydrogen-bond donors (Lipinski definition) is 1. The molecule has 1 fully saturated rings. The maximum Gasteiger partial charge on any atom is 0.0843 e. The van der Waals surface area contributed by atoms with Gasteiger partial charge < -0.3 is 15.6 Å². The molecule has 0 bridgehead atoms. The Balaban J connectivity index is 0.000000351. The van der Waals surface area contributed by atoms with E-state index in [1.807, 2.05) is 6.26 Å². The van der Waals surface area contributed by atoms with Crippen LogP contribution < -0.4 is 10.8 Å². The largest absolute Gasteiger partial charge is 0.550 e. The van der Waals surface area contributed by atoms with Gasteiger partial charge in [-0.15, -0.1) is 0 Å². The van der Waals surface area contributed by atoms with E-state index in [9.17, 15) is 9.90 Å². The Morgan fingerprint density at radius 3 is 2.50 bits per heavy atom. The number of thioether (sulfide) groups is 1. The highest BCUT2D eigenvalue weighted by molar-refractivity contribution is 7.98. The standard InChI is InChI=1S/C6H13N.C5H9N3O2S/c7-6-4-2-1-3-5-6;1-11-3-2-4(5(9)10)7-8-6/h6H,1-5,7H2;4H,2-3H2,1H3,(H,9,10)/t;4-/m.0/s1. The first-order valence-electron chi connectivity index (χ1n) is 6.19. The lowest BCUT2D eigenvalue weighted by molar-refractivity contribution is -0.425. The first-order valence-corrected chi connectivity index (χ1v) is 7.58. The molecule has 104 valence electrons. The van der Waals surface area contributed by atoms with Crippen LogP contribution >= 0.6 is 11.8 Å². The van der Waals surface area contributed by atoms with Gasteiger partial charge in [0, 0.05) is 4.91 Å². The molecule has 1 atom stereocenters. The van der Waals surface area contributed by atoms with Crippen LogP contribution in [0, 0.1) is 0 Å². The average molecular weight is 274 g/mol. The smallest absolute Gasteiger partial charge is 0.0843 e. The summed E-state index contributed by atoms with van der Waals surface area (Å²) in [5, 5.41) is 13.3. The average Bonchev–Trinajstić information content (AvgIpc) is 2.36. The number of hydrogen-bond acceptors (Lipinski definition) is 4. The van der Waals surface area contributed by atoms with E-state index in [1.54, 1.807) is 0 Å². The molecule has 3 N–H and O–H groups in total. The third kappa shape index (κ3) is 9.15.